The molecule has 0 radical (unpaired) electrons. The van der Waals surface area contributed by atoms with Crippen LogP contribution in [0.3, 0.4) is 0 Å². The third-order valence-electron chi connectivity index (χ3n) is 1.65. The fourth-order valence-corrected chi connectivity index (χ4v) is 0.909. The highest BCUT2D eigenvalue weighted by atomic mass is 16.5. The SMILES string of the molecule is C=C(C)C(=O)OC(CC)CN(C)C. The average Bonchev–Trinajstić information content (AvgIpc) is 2.02. The predicted molar refractivity (Wildman–Crippen MR) is 53.5 cm³/mol. The van der Waals surface area contributed by atoms with E-state index in [2.05, 4.69) is 6.58 Å². The molecule has 1 unspecified atom stereocenters. The van der Waals surface area contributed by atoms with Gasteiger partial charge in [0.2, 0.25) is 0 Å². The fourth-order valence-electron chi connectivity index (χ4n) is 0.909. The third kappa shape index (κ3) is 5.42. The molecule has 1 atom stereocenters. The molecule has 0 rings (SSSR count). The van der Waals surface area contributed by atoms with Gasteiger partial charge in [0.25, 0.3) is 0 Å². The van der Waals surface area contributed by atoms with Gasteiger partial charge in [0.05, 0.1) is 0 Å². The average molecular weight is 185 g/mol. The number of carbonyl (C=O) groups excluding carboxylic acids is 1. The zero-order chi connectivity index (χ0) is 10.4. The first-order chi connectivity index (χ1) is 5.97. The highest BCUT2D eigenvalue weighted by molar-refractivity contribution is 5.87. The summed E-state index contributed by atoms with van der Waals surface area (Å²) in [5.41, 5.74) is 0.456. The molecule has 0 bridgehead atoms. The van der Waals surface area contributed by atoms with Crippen molar-refractivity contribution in [1.82, 2.24) is 4.90 Å². The van der Waals surface area contributed by atoms with Crippen LogP contribution in [-0.4, -0.2) is 37.6 Å². The van der Waals surface area contributed by atoms with Gasteiger partial charge >= 0.3 is 5.97 Å². The summed E-state index contributed by atoms with van der Waals surface area (Å²) in [5.74, 6) is -0.297. The van der Waals surface area contributed by atoms with Crippen LogP contribution in [-0.2, 0) is 9.53 Å². The lowest BCUT2D eigenvalue weighted by molar-refractivity contribution is -0.144. The van der Waals surface area contributed by atoms with Crippen molar-refractivity contribution in [2.75, 3.05) is 20.6 Å². The van der Waals surface area contributed by atoms with Gasteiger partial charge in [-0.25, -0.2) is 4.79 Å². The second-order valence-corrected chi connectivity index (χ2v) is 3.48. The third-order valence-corrected chi connectivity index (χ3v) is 1.65. The first-order valence-corrected chi connectivity index (χ1v) is 4.48. The van der Waals surface area contributed by atoms with E-state index in [9.17, 15) is 4.79 Å². The number of hydrogen-bond donors (Lipinski definition) is 0. The lowest BCUT2D eigenvalue weighted by atomic mass is 10.2. The Bertz CT molecular complexity index is 187. The molecule has 0 saturated heterocycles. The molecule has 0 spiro atoms. The molecule has 0 amide bonds. The maximum Gasteiger partial charge on any atom is 0.333 e. The van der Waals surface area contributed by atoms with Gasteiger partial charge in [0.1, 0.15) is 6.10 Å². The van der Waals surface area contributed by atoms with Gasteiger partial charge in [0.15, 0.2) is 0 Å². The van der Waals surface area contributed by atoms with Gasteiger partial charge < -0.3 is 9.64 Å². The summed E-state index contributed by atoms with van der Waals surface area (Å²) in [6.45, 7) is 7.95. The normalized spacial score (nSPS) is 12.7. The monoisotopic (exact) mass is 185 g/mol. The molecule has 0 aromatic rings. The molecule has 76 valence electrons. The van der Waals surface area contributed by atoms with Crippen LogP contribution in [0, 0.1) is 0 Å². The standard InChI is InChI=1S/C10H19NO2/c1-6-9(7-11(4)5)13-10(12)8(2)3/h9H,2,6-7H2,1,3-5H3. The molecule has 0 aromatic heterocycles. The van der Waals surface area contributed by atoms with E-state index in [1.54, 1.807) is 6.92 Å². The van der Waals surface area contributed by atoms with Crippen LogP contribution >= 0.6 is 0 Å². The van der Waals surface area contributed by atoms with Crippen molar-refractivity contribution in [2.45, 2.75) is 26.4 Å². The van der Waals surface area contributed by atoms with E-state index in [1.165, 1.54) is 0 Å². The summed E-state index contributed by atoms with van der Waals surface area (Å²) in [6.07, 6.45) is 0.802. The molecule has 13 heavy (non-hydrogen) atoms. The lowest BCUT2D eigenvalue weighted by Gasteiger charge is -2.19. The molecule has 0 aromatic carbocycles. The molecule has 0 aliphatic heterocycles. The molecule has 0 aliphatic carbocycles. The van der Waals surface area contributed by atoms with Crippen molar-refractivity contribution in [3.8, 4) is 0 Å². The zero-order valence-corrected chi connectivity index (χ0v) is 8.96. The smallest absolute Gasteiger partial charge is 0.333 e. The number of likely N-dealkylation sites (N-methyl/N-ethyl adjacent to an activating group) is 1. The van der Waals surface area contributed by atoms with Crippen molar-refractivity contribution >= 4 is 5.97 Å². The maximum atomic E-state index is 11.2. The van der Waals surface area contributed by atoms with E-state index in [-0.39, 0.29) is 12.1 Å². The van der Waals surface area contributed by atoms with E-state index in [0.29, 0.717) is 5.57 Å². The summed E-state index contributed by atoms with van der Waals surface area (Å²) >= 11 is 0. The van der Waals surface area contributed by atoms with Crippen LogP contribution in [0.25, 0.3) is 0 Å². The van der Waals surface area contributed by atoms with Crippen LogP contribution in [0.2, 0.25) is 0 Å². The Morgan fingerprint density at radius 2 is 2.08 bits per heavy atom. The van der Waals surface area contributed by atoms with Gasteiger partial charge in [-0.2, -0.15) is 0 Å². The fraction of sp³-hybridized carbons (Fsp3) is 0.700. The first kappa shape index (κ1) is 12.2. The Morgan fingerprint density at radius 1 is 1.54 bits per heavy atom. The zero-order valence-electron chi connectivity index (χ0n) is 8.96. The number of nitrogens with zero attached hydrogens (tertiary/aromatic N) is 1. The molecule has 0 aliphatic rings. The summed E-state index contributed by atoms with van der Waals surface area (Å²) in [5, 5.41) is 0. The van der Waals surface area contributed by atoms with E-state index >= 15 is 0 Å². The Balaban J connectivity index is 3.97. The number of ether oxygens (including phenoxy) is 1. The lowest BCUT2D eigenvalue weighted by Crippen LogP contribution is -2.30. The maximum absolute atomic E-state index is 11.2. The minimum absolute atomic E-state index is 0.0285. The minimum atomic E-state index is -0.297. The van der Waals surface area contributed by atoms with E-state index < -0.39 is 0 Å². The molecule has 0 heterocycles. The summed E-state index contributed by atoms with van der Waals surface area (Å²) < 4.78 is 5.19. The molecule has 0 saturated carbocycles. The molecular formula is C10H19NO2. The van der Waals surface area contributed by atoms with Crippen LogP contribution in [0.5, 0.6) is 0 Å². The number of hydrogen-bond acceptors (Lipinski definition) is 3. The second-order valence-electron chi connectivity index (χ2n) is 3.48. The Labute approximate surface area is 80.4 Å². The van der Waals surface area contributed by atoms with Crippen LogP contribution in [0.4, 0.5) is 0 Å². The van der Waals surface area contributed by atoms with E-state index in [0.717, 1.165) is 13.0 Å². The van der Waals surface area contributed by atoms with Gasteiger partial charge in [-0.05, 0) is 27.4 Å². The highest BCUT2D eigenvalue weighted by Crippen LogP contribution is 2.03. The highest BCUT2D eigenvalue weighted by Gasteiger charge is 2.13. The van der Waals surface area contributed by atoms with Crippen molar-refractivity contribution in [1.29, 1.82) is 0 Å². The van der Waals surface area contributed by atoms with Crippen molar-refractivity contribution in [2.24, 2.45) is 0 Å². The van der Waals surface area contributed by atoms with E-state index in [1.807, 2.05) is 25.9 Å². The summed E-state index contributed by atoms with van der Waals surface area (Å²) in [6, 6.07) is 0. The van der Waals surface area contributed by atoms with Crippen LogP contribution < -0.4 is 0 Å². The van der Waals surface area contributed by atoms with Gasteiger partial charge in [-0.1, -0.05) is 13.5 Å². The number of rotatable bonds is 5. The molecule has 3 nitrogen and oxygen atoms in total. The molecule has 0 N–H and O–H groups in total. The Kier molecular flexibility index (Phi) is 5.39. The summed E-state index contributed by atoms with van der Waals surface area (Å²) in [4.78, 5) is 13.2. The van der Waals surface area contributed by atoms with Gasteiger partial charge in [0, 0.05) is 12.1 Å². The number of esters is 1. The van der Waals surface area contributed by atoms with Gasteiger partial charge in [-0.15, -0.1) is 0 Å². The van der Waals surface area contributed by atoms with Crippen LogP contribution in [0.15, 0.2) is 12.2 Å². The largest absolute Gasteiger partial charge is 0.458 e. The minimum Gasteiger partial charge on any atom is -0.458 e. The van der Waals surface area contributed by atoms with Crippen LogP contribution in [0.1, 0.15) is 20.3 Å². The Hall–Kier alpha value is -0.830. The Morgan fingerprint density at radius 3 is 2.38 bits per heavy atom. The van der Waals surface area contributed by atoms with Gasteiger partial charge in [-0.3, -0.25) is 0 Å². The van der Waals surface area contributed by atoms with E-state index in [4.69, 9.17) is 4.74 Å². The van der Waals surface area contributed by atoms with Crippen molar-refractivity contribution in [3.05, 3.63) is 12.2 Å². The predicted octanol–water partition coefficient (Wildman–Crippen LogP) is 1.45. The first-order valence-electron chi connectivity index (χ1n) is 4.48. The molecule has 3 heteroatoms. The quantitative estimate of drug-likeness (QED) is 0.479. The van der Waals surface area contributed by atoms with Crippen molar-refractivity contribution in [3.63, 3.8) is 0 Å². The second kappa shape index (κ2) is 5.75. The molecule has 0 fully saturated rings. The summed E-state index contributed by atoms with van der Waals surface area (Å²) in [7, 11) is 3.91. The van der Waals surface area contributed by atoms with Crippen molar-refractivity contribution < 1.29 is 9.53 Å². The number of carbonyl (C=O) groups is 1. The molecular weight excluding hydrogens is 166 g/mol. The topological polar surface area (TPSA) is 29.5 Å².